The predicted molar refractivity (Wildman–Crippen MR) is 123 cm³/mol. The van der Waals surface area contributed by atoms with Gasteiger partial charge < -0.3 is 10.1 Å². The van der Waals surface area contributed by atoms with Crippen LogP contribution < -0.4 is 10.1 Å². The van der Waals surface area contributed by atoms with E-state index in [1.807, 2.05) is 19.3 Å². The van der Waals surface area contributed by atoms with Crippen LogP contribution in [0.15, 0.2) is 12.3 Å². The van der Waals surface area contributed by atoms with Crippen LogP contribution >= 0.6 is 11.3 Å². The SMILES string of the molecule is Cn1ccc(CC(=O)NC2CCC(CCN3CCc4sc(OCC(C)(F)F)nc4C3)CC2)n1. The van der Waals surface area contributed by atoms with Gasteiger partial charge in [-0.05, 0) is 57.1 Å². The highest BCUT2D eigenvalue weighted by molar-refractivity contribution is 7.13. The van der Waals surface area contributed by atoms with Crippen LogP contribution in [0.4, 0.5) is 8.78 Å². The Morgan fingerprint density at radius 3 is 2.82 bits per heavy atom. The number of carbonyl (C=O) groups is 1. The average molecular weight is 482 g/mol. The molecule has 0 saturated heterocycles. The number of nitrogens with zero attached hydrogens (tertiary/aromatic N) is 4. The molecule has 1 saturated carbocycles. The summed E-state index contributed by atoms with van der Waals surface area (Å²) in [5.74, 6) is -2.12. The molecule has 2 aliphatic rings. The van der Waals surface area contributed by atoms with Crippen molar-refractivity contribution < 1.29 is 18.3 Å². The summed E-state index contributed by atoms with van der Waals surface area (Å²) in [6.45, 7) is 2.97. The number of hydrogen-bond donors (Lipinski definition) is 1. The number of rotatable bonds is 9. The normalized spacial score (nSPS) is 21.6. The van der Waals surface area contributed by atoms with Crippen LogP contribution in [0.5, 0.6) is 5.19 Å². The number of halogens is 2. The lowest BCUT2D eigenvalue weighted by Gasteiger charge is -2.32. The van der Waals surface area contributed by atoms with E-state index in [0.717, 1.165) is 81.3 Å². The maximum absolute atomic E-state index is 13.0. The number of aryl methyl sites for hydroxylation is 1. The average Bonchev–Trinajstić information content (AvgIpc) is 3.36. The number of hydrogen-bond acceptors (Lipinski definition) is 6. The van der Waals surface area contributed by atoms with Crippen LogP contribution in [0, 0.1) is 5.92 Å². The Balaban J connectivity index is 1.15. The van der Waals surface area contributed by atoms with Gasteiger partial charge in [-0.2, -0.15) is 5.10 Å². The summed E-state index contributed by atoms with van der Waals surface area (Å²) in [6.07, 6.45) is 8.54. The minimum absolute atomic E-state index is 0.0514. The number of amides is 1. The molecule has 0 atom stereocenters. The fourth-order valence-corrected chi connectivity index (χ4v) is 5.54. The van der Waals surface area contributed by atoms with Crippen molar-refractivity contribution >= 4 is 17.2 Å². The first-order valence-electron chi connectivity index (χ1n) is 11.7. The summed E-state index contributed by atoms with van der Waals surface area (Å²) >= 11 is 1.40. The molecular weight excluding hydrogens is 448 g/mol. The van der Waals surface area contributed by atoms with Crippen molar-refractivity contribution in [2.45, 2.75) is 70.4 Å². The molecule has 182 valence electrons. The Hall–Kier alpha value is -2.07. The maximum Gasteiger partial charge on any atom is 0.278 e. The monoisotopic (exact) mass is 481 g/mol. The number of fused-ring (bicyclic) bond motifs is 1. The molecule has 33 heavy (non-hydrogen) atoms. The summed E-state index contributed by atoms with van der Waals surface area (Å²) in [6, 6.07) is 2.14. The Labute approximate surface area is 197 Å². The van der Waals surface area contributed by atoms with Gasteiger partial charge in [0.25, 0.3) is 11.1 Å². The van der Waals surface area contributed by atoms with E-state index in [9.17, 15) is 13.6 Å². The summed E-state index contributed by atoms with van der Waals surface area (Å²) in [7, 11) is 1.85. The van der Waals surface area contributed by atoms with Gasteiger partial charge in [-0.3, -0.25) is 14.4 Å². The molecule has 3 heterocycles. The van der Waals surface area contributed by atoms with E-state index < -0.39 is 12.5 Å². The van der Waals surface area contributed by atoms with Crippen molar-refractivity contribution in [3.8, 4) is 5.19 Å². The molecule has 0 aromatic carbocycles. The van der Waals surface area contributed by atoms with E-state index >= 15 is 0 Å². The van der Waals surface area contributed by atoms with E-state index in [4.69, 9.17) is 4.74 Å². The molecule has 1 amide bonds. The van der Waals surface area contributed by atoms with Gasteiger partial charge in [-0.25, -0.2) is 13.8 Å². The fraction of sp³-hybridized carbons (Fsp3) is 0.696. The number of nitrogens with one attached hydrogen (secondary N) is 1. The van der Waals surface area contributed by atoms with Crippen molar-refractivity contribution in [3.05, 3.63) is 28.5 Å². The predicted octanol–water partition coefficient (Wildman–Crippen LogP) is 3.58. The van der Waals surface area contributed by atoms with Crippen molar-refractivity contribution in [2.75, 3.05) is 19.7 Å². The van der Waals surface area contributed by atoms with Crippen LogP contribution in [0.3, 0.4) is 0 Å². The molecule has 4 rings (SSSR count). The zero-order chi connectivity index (χ0) is 23.4. The number of carbonyl (C=O) groups excluding carboxylic acids is 1. The fourth-order valence-electron chi connectivity index (χ4n) is 4.63. The van der Waals surface area contributed by atoms with Crippen molar-refractivity contribution in [3.63, 3.8) is 0 Å². The topological polar surface area (TPSA) is 72.3 Å². The lowest BCUT2D eigenvalue weighted by atomic mass is 9.84. The lowest BCUT2D eigenvalue weighted by Crippen LogP contribution is -2.39. The quantitative estimate of drug-likeness (QED) is 0.593. The maximum atomic E-state index is 13.0. The molecule has 1 aliphatic heterocycles. The van der Waals surface area contributed by atoms with Crippen LogP contribution in [0.25, 0.3) is 0 Å². The second-order valence-electron chi connectivity index (χ2n) is 9.47. The molecule has 1 aliphatic carbocycles. The Morgan fingerprint density at radius 2 is 2.12 bits per heavy atom. The Kier molecular flexibility index (Phi) is 7.63. The second kappa shape index (κ2) is 10.5. The molecule has 0 radical (unpaired) electrons. The van der Waals surface area contributed by atoms with E-state index in [1.54, 1.807) is 4.68 Å². The van der Waals surface area contributed by atoms with Gasteiger partial charge >= 0.3 is 0 Å². The van der Waals surface area contributed by atoms with Gasteiger partial charge in [0.15, 0.2) is 6.61 Å². The molecular formula is C23H33F2N5O2S. The third kappa shape index (κ3) is 7.20. The number of thiazole rings is 1. The van der Waals surface area contributed by atoms with E-state index in [0.29, 0.717) is 17.5 Å². The molecule has 0 spiro atoms. The van der Waals surface area contributed by atoms with Gasteiger partial charge in [-0.1, -0.05) is 11.3 Å². The van der Waals surface area contributed by atoms with Crippen LogP contribution in [-0.2, 0) is 31.2 Å². The highest BCUT2D eigenvalue weighted by Gasteiger charge is 2.27. The van der Waals surface area contributed by atoms with Gasteiger partial charge in [0, 0.05) is 44.2 Å². The molecule has 2 aromatic rings. The van der Waals surface area contributed by atoms with Crippen molar-refractivity contribution in [1.29, 1.82) is 0 Å². The first-order valence-corrected chi connectivity index (χ1v) is 12.5. The standard InChI is InChI=1S/C23H33F2N5O2S/c1-23(24,25)15-32-22-27-19-14-30(12-9-20(19)33-22)11-7-16-3-5-17(6-4-16)26-21(31)13-18-8-10-29(2)28-18/h8,10,16-17H,3-7,9,11-15H2,1-2H3,(H,26,31). The summed E-state index contributed by atoms with van der Waals surface area (Å²) in [5, 5.41) is 7.79. The van der Waals surface area contributed by atoms with Crippen molar-refractivity contribution in [1.82, 2.24) is 25.0 Å². The molecule has 1 fully saturated rings. The molecule has 0 bridgehead atoms. The van der Waals surface area contributed by atoms with E-state index in [-0.39, 0.29) is 11.9 Å². The van der Waals surface area contributed by atoms with Gasteiger partial charge in [0.2, 0.25) is 5.91 Å². The third-order valence-corrected chi connectivity index (χ3v) is 7.48. The lowest BCUT2D eigenvalue weighted by molar-refractivity contribution is -0.121. The smallest absolute Gasteiger partial charge is 0.278 e. The van der Waals surface area contributed by atoms with E-state index in [1.165, 1.54) is 11.3 Å². The first-order chi connectivity index (χ1) is 15.7. The number of alkyl halides is 2. The number of ether oxygens (including phenoxy) is 1. The summed E-state index contributed by atoms with van der Waals surface area (Å²) in [5.41, 5.74) is 1.77. The first kappa shape index (κ1) is 24.1. The van der Waals surface area contributed by atoms with Gasteiger partial charge in [0.05, 0.1) is 17.8 Å². The van der Waals surface area contributed by atoms with Gasteiger partial charge in [0.1, 0.15) is 0 Å². The Morgan fingerprint density at radius 1 is 1.33 bits per heavy atom. The molecule has 0 unspecified atom stereocenters. The zero-order valence-electron chi connectivity index (χ0n) is 19.4. The highest BCUT2D eigenvalue weighted by Crippen LogP contribution is 2.32. The summed E-state index contributed by atoms with van der Waals surface area (Å²) in [4.78, 5) is 20.3. The minimum atomic E-state index is -2.85. The van der Waals surface area contributed by atoms with E-state index in [2.05, 4.69) is 20.3 Å². The van der Waals surface area contributed by atoms with Crippen LogP contribution in [-0.4, -0.2) is 57.2 Å². The molecule has 10 heteroatoms. The largest absolute Gasteiger partial charge is 0.464 e. The highest BCUT2D eigenvalue weighted by atomic mass is 32.1. The van der Waals surface area contributed by atoms with Crippen LogP contribution in [0.1, 0.15) is 55.3 Å². The minimum Gasteiger partial charge on any atom is -0.464 e. The Bertz CT molecular complexity index is 934. The molecule has 1 N–H and O–H groups in total. The molecule has 7 nitrogen and oxygen atoms in total. The second-order valence-corrected chi connectivity index (χ2v) is 10.5. The van der Waals surface area contributed by atoms with Crippen molar-refractivity contribution in [2.24, 2.45) is 13.0 Å². The number of aromatic nitrogens is 3. The summed E-state index contributed by atoms with van der Waals surface area (Å²) < 4.78 is 33.0. The third-order valence-electron chi connectivity index (χ3n) is 6.41. The van der Waals surface area contributed by atoms with Gasteiger partial charge in [-0.15, -0.1) is 0 Å². The molecule has 2 aromatic heterocycles. The zero-order valence-corrected chi connectivity index (χ0v) is 20.2. The van der Waals surface area contributed by atoms with Crippen LogP contribution in [0.2, 0.25) is 0 Å².